The van der Waals surface area contributed by atoms with Gasteiger partial charge in [0.05, 0.1) is 22.7 Å². The normalized spacial score (nSPS) is 11.0. The number of rotatable bonds is 5. The molecule has 0 saturated heterocycles. The molecule has 0 fully saturated rings. The molecule has 2 rings (SSSR count). The Bertz CT molecular complexity index is 708. The first-order valence-electron chi connectivity index (χ1n) is 6.81. The quantitative estimate of drug-likeness (QED) is 0.277. The van der Waals surface area contributed by atoms with Crippen molar-refractivity contribution < 1.29 is 14.5 Å². The first-order valence-corrected chi connectivity index (χ1v) is 6.81. The van der Waals surface area contributed by atoms with E-state index in [1.165, 1.54) is 12.1 Å². The molecule has 0 atom stereocenters. The van der Waals surface area contributed by atoms with Crippen LogP contribution in [0.25, 0.3) is 11.6 Å². The van der Waals surface area contributed by atoms with Gasteiger partial charge in [-0.25, -0.2) is 4.79 Å². The van der Waals surface area contributed by atoms with Crippen molar-refractivity contribution in [2.24, 2.45) is 0 Å². The molecule has 0 bridgehead atoms. The molecule has 0 saturated carbocycles. The number of benzene rings is 2. The molecule has 5 heteroatoms. The maximum Gasteiger partial charge on any atom is 0.338 e. The molecule has 0 heterocycles. The fourth-order valence-corrected chi connectivity index (χ4v) is 2.02. The second-order valence-electron chi connectivity index (χ2n) is 4.46. The van der Waals surface area contributed by atoms with E-state index in [1.54, 1.807) is 49.4 Å². The number of nitrogens with zero attached hydrogens (tertiary/aromatic N) is 1. The molecule has 5 nitrogen and oxygen atoms in total. The van der Waals surface area contributed by atoms with Crippen LogP contribution in [0.2, 0.25) is 0 Å². The molecule has 0 aliphatic carbocycles. The van der Waals surface area contributed by atoms with Crippen LogP contribution in [0.1, 0.15) is 18.1 Å². The number of nitro benzene ring substituents is 1. The predicted molar refractivity (Wildman–Crippen MR) is 84.0 cm³/mol. The third-order valence-corrected chi connectivity index (χ3v) is 3.01. The standard InChI is InChI=1S/C17H15NO4/c1-2-22-17(19)15(13-8-4-3-5-9-13)12-14-10-6-7-11-16(14)18(20)21/h3-12H,2H2,1H3/b15-12+. The number of hydrogen-bond donors (Lipinski definition) is 0. The second kappa shape index (κ2) is 7.17. The lowest BCUT2D eigenvalue weighted by Gasteiger charge is -2.07. The van der Waals surface area contributed by atoms with Crippen LogP contribution in [-0.4, -0.2) is 17.5 Å². The Kier molecular flexibility index (Phi) is 5.03. The van der Waals surface area contributed by atoms with Crippen LogP contribution in [-0.2, 0) is 9.53 Å². The first kappa shape index (κ1) is 15.4. The maximum atomic E-state index is 12.2. The molecule has 0 aromatic heterocycles. The van der Waals surface area contributed by atoms with E-state index in [2.05, 4.69) is 0 Å². The number of esters is 1. The summed E-state index contributed by atoms with van der Waals surface area (Å²) in [6.07, 6.45) is 1.49. The van der Waals surface area contributed by atoms with Gasteiger partial charge in [0.25, 0.3) is 5.69 Å². The van der Waals surface area contributed by atoms with Crippen LogP contribution in [0.3, 0.4) is 0 Å². The van der Waals surface area contributed by atoms with Crippen LogP contribution in [0.15, 0.2) is 54.6 Å². The van der Waals surface area contributed by atoms with Gasteiger partial charge in [0.1, 0.15) is 0 Å². The van der Waals surface area contributed by atoms with Crippen molar-refractivity contribution in [2.75, 3.05) is 6.61 Å². The summed E-state index contributed by atoms with van der Waals surface area (Å²) in [6.45, 7) is 1.95. The summed E-state index contributed by atoms with van der Waals surface area (Å²) in [5.41, 5.74) is 1.25. The summed E-state index contributed by atoms with van der Waals surface area (Å²) in [6, 6.07) is 15.2. The van der Waals surface area contributed by atoms with Crippen molar-refractivity contribution in [1.82, 2.24) is 0 Å². The van der Waals surface area contributed by atoms with Gasteiger partial charge >= 0.3 is 5.97 Å². The average molecular weight is 297 g/mol. The van der Waals surface area contributed by atoms with Crippen LogP contribution in [0.4, 0.5) is 5.69 Å². The molecule has 0 aliphatic heterocycles. The van der Waals surface area contributed by atoms with E-state index in [4.69, 9.17) is 4.74 Å². The van der Waals surface area contributed by atoms with Gasteiger partial charge in [-0.05, 0) is 24.6 Å². The molecular formula is C17H15NO4. The van der Waals surface area contributed by atoms with E-state index >= 15 is 0 Å². The van der Waals surface area contributed by atoms with Gasteiger partial charge in [-0.15, -0.1) is 0 Å². The smallest absolute Gasteiger partial charge is 0.338 e. The Labute approximate surface area is 128 Å². The SMILES string of the molecule is CCOC(=O)/C(=C/c1ccccc1[N+](=O)[O-])c1ccccc1. The molecule has 0 N–H and O–H groups in total. The van der Waals surface area contributed by atoms with Crippen molar-refractivity contribution in [3.63, 3.8) is 0 Å². The number of hydrogen-bond acceptors (Lipinski definition) is 4. The molecule has 2 aromatic carbocycles. The van der Waals surface area contributed by atoms with Crippen molar-refractivity contribution in [3.8, 4) is 0 Å². The van der Waals surface area contributed by atoms with E-state index < -0.39 is 10.9 Å². The van der Waals surface area contributed by atoms with Crippen molar-refractivity contribution in [1.29, 1.82) is 0 Å². The lowest BCUT2D eigenvalue weighted by molar-refractivity contribution is -0.385. The van der Waals surface area contributed by atoms with E-state index in [9.17, 15) is 14.9 Å². The molecule has 0 aliphatic rings. The van der Waals surface area contributed by atoms with Gasteiger partial charge in [0.15, 0.2) is 0 Å². The largest absolute Gasteiger partial charge is 0.462 e. The average Bonchev–Trinajstić information content (AvgIpc) is 2.53. The highest BCUT2D eigenvalue weighted by atomic mass is 16.6. The molecule has 0 amide bonds. The van der Waals surface area contributed by atoms with Gasteiger partial charge in [0, 0.05) is 6.07 Å². The van der Waals surface area contributed by atoms with Crippen LogP contribution >= 0.6 is 0 Å². The van der Waals surface area contributed by atoms with Gasteiger partial charge in [-0.2, -0.15) is 0 Å². The minimum atomic E-state index is -0.508. The fourth-order valence-electron chi connectivity index (χ4n) is 2.02. The molecule has 112 valence electrons. The minimum Gasteiger partial charge on any atom is -0.462 e. The van der Waals surface area contributed by atoms with Gasteiger partial charge in [-0.3, -0.25) is 10.1 Å². The van der Waals surface area contributed by atoms with Crippen LogP contribution < -0.4 is 0 Å². The third kappa shape index (κ3) is 3.58. The summed E-state index contributed by atoms with van der Waals surface area (Å²) < 4.78 is 5.05. The summed E-state index contributed by atoms with van der Waals surface area (Å²) in [5.74, 6) is -0.508. The molecule has 0 spiro atoms. The zero-order valence-electron chi connectivity index (χ0n) is 12.1. The zero-order chi connectivity index (χ0) is 15.9. The summed E-state index contributed by atoms with van der Waals surface area (Å²) in [7, 11) is 0. The highest BCUT2D eigenvalue weighted by molar-refractivity contribution is 6.21. The molecule has 0 radical (unpaired) electrons. The number of carbonyl (C=O) groups excluding carboxylic acids is 1. The highest BCUT2D eigenvalue weighted by Crippen LogP contribution is 2.25. The number of ether oxygens (including phenoxy) is 1. The van der Waals surface area contributed by atoms with Crippen LogP contribution in [0, 0.1) is 10.1 Å². The van der Waals surface area contributed by atoms with Crippen molar-refractivity contribution in [2.45, 2.75) is 6.92 Å². The Morgan fingerprint density at radius 3 is 2.41 bits per heavy atom. The lowest BCUT2D eigenvalue weighted by atomic mass is 10.0. The van der Waals surface area contributed by atoms with E-state index in [0.29, 0.717) is 11.1 Å². The van der Waals surface area contributed by atoms with Crippen molar-refractivity contribution >= 4 is 23.3 Å². The topological polar surface area (TPSA) is 69.4 Å². The van der Waals surface area contributed by atoms with E-state index in [-0.39, 0.29) is 17.9 Å². The van der Waals surface area contributed by atoms with E-state index in [1.807, 2.05) is 6.07 Å². The predicted octanol–water partition coefficient (Wildman–Crippen LogP) is 3.70. The Hall–Kier alpha value is -2.95. The van der Waals surface area contributed by atoms with Crippen LogP contribution in [0.5, 0.6) is 0 Å². The Balaban J connectivity index is 2.54. The first-order chi connectivity index (χ1) is 10.6. The maximum absolute atomic E-state index is 12.2. The monoisotopic (exact) mass is 297 g/mol. The highest BCUT2D eigenvalue weighted by Gasteiger charge is 2.17. The molecular weight excluding hydrogens is 282 g/mol. The second-order valence-corrected chi connectivity index (χ2v) is 4.46. The van der Waals surface area contributed by atoms with E-state index in [0.717, 1.165) is 0 Å². The van der Waals surface area contributed by atoms with Gasteiger partial charge in [0.2, 0.25) is 0 Å². The summed E-state index contributed by atoms with van der Waals surface area (Å²) >= 11 is 0. The Morgan fingerprint density at radius 2 is 1.77 bits per heavy atom. The molecule has 2 aromatic rings. The van der Waals surface area contributed by atoms with Gasteiger partial charge in [-0.1, -0.05) is 42.5 Å². The minimum absolute atomic E-state index is 0.0553. The number of nitro groups is 1. The van der Waals surface area contributed by atoms with Crippen molar-refractivity contribution in [3.05, 3.63) is 75.8 Å². The van der Waals surface area contributed by atoms with Gasteiger partial charge < -0.3 is 4.74 Å². The Morgan fingerprint density at radius 1 is 1.14 bits per heavy atom. The lowest BCUT2D eigenvalue weighted by Crippen LogP contribution is -2.07. The number of carbonyl (C=O) groups is 1. The zero-order valence-corrected chi connectivity index (χ0v) is 12.1. The summed E-state index contributed by atoms with van der Waals surface area (Å²) in [5, 5.41) is 11.1. The number of para-hydroxylation sites is 1. The molecule has 22 heavy (non-hydrogen) atoms. The molecule has 0 unspecified atom stereocenters. The third-order valence-electron chi connectivity index (χ3n) is 3.01. The summed E-state index contributed by atoms with van der Waals surface area (Å²) in [4.78, 5) is 22.8. The fraction of sp³-hybridized carbons (Fsp3) is 0.118.